The summed E-state index contributed by atoms with van der Waals surface area (Å²) in [6.07, 6.45) is 3.49. The summed E-state index contributed by atoms with van der Waals surface area (Å²) in [4.78, 5) is 17.0. The molecule has 11 heteroatoms. The highest BCUT2D eigenvalue weighted by Crippen LogP contribution is 2.35. The second-order valence-electron chi connectivity index (χ2n) is 7.34. The van der Waals surface area contributed by atoms with Gasteiger partial charge in [0.25, 0.3) is 5.91 Å². The molecule has 2 aromatic heterocycles. The Morgan fingerprint density at radius 1 is 1.29 bits per heavy atom. The molecular weight excluding hydrogens is 426 g/mol. The molecule has 5 N–H and O–H groups in total. The fourth-order valence-electron chi connectivity index (χ4n) is 3.58. The number of aryl methyl sites for hydroxylation is 1. The van der Waals surface area contributed by atoms with Crippen LogP contribution in [0, 0.1) is 11.6 Å². The number of nitrogen functional groups attached to an aromatic ring is 1. The lowest BCUT2D eigenvalue weighted by molar-refractivity contribution is 0.0529. The number of carbonyl (C=O) groups excluding carboxylic acids is 1. The number of carbonyl (C=O) groups is 1. The van der Waals surface area contributed by atoms with Gasteiger partial charge in [-0.3, -0.25) is 9.48 Å². The maximum Gasteiger partial charge on any atom is 0.277 e. The average Bonchev–Trinajstić information content (AvgIpc) is 3.19. The lowest BCUT2D eigenvalue weighted by atomic mass is 10.1. The second kappa shape index (κ2) is 8.69. The van der Waals surface area contributed by atoms with Crippen LogP contribution in [-0.2, 0) is 11.8 Å². The van der Waals surface area contributed by atoms with Crippen molar-refractivity contribution in [2.24, 2.45) is 12.8 Å². The zero-order valence-electron chi connectivity index (χ0n) is 16.8. The molecule has 1 aliphatic rings. The first-order chi connectivity index (χ1) is 14.8. The molecule has 1 amide bonds. The first-order valence-electron chi connectivity index (χ1n) is 9.76. The van der Waals surface area contributed by atoms with Crippen LogP contribution in [-0.4, -0.2) is 33.3 Å². The Kier molecular flexibility index (Phi) is 5.99. The number of halogens is 2. The summed E-state index contributed by atoms with van der Waals surface area (Å²) in [5, 5.41) is 7.03. The summed E-state index contributed by atoms with van der Waals surface area (Å²) in [6, 6.07) is 3.57. The minimum atomic E-state index is -0.779. The number of amides is 1. The van der Waals surface area contributed by atoms with Crippen LogP contribution < -0.4 is 16.8 Å². The first kappa shape index (κ1) is 21.3. The van der Waals surface area contributed by atoms with E-state index < -0.39 is 17.5 Å². The highest BCUT2D eigenvalue weighted by Gasteiger charge is 2.27. The molecule has 4 rings (SSSR count). The van der Waals surface area contributed by atoms with Gasteiger partial charge in [0, 0.05) is 19.7 Å². The van der Waals surface area contributed by atoms with Crippen molar-refractivity contribution in [3.05, 3.63) is 47.4 Å². The van der Waals surface area contributed by atoms with Crippen molar-refractivity contribution in [1.82, 2.24) is 14.8 Å². The molecule has 0 spiro atoms. The normalized spacial score (nSPS) is 19.2. The summed E-state index contributed by atoms with van der Waals surface area (Å²) in [6.45, 7) is 0.515. The van der Waals surface area contributed by atoms with Gasteiger partial charge in [-0.1, -0.05) is 17.4 Å². The van der Waals surface area contributed by atoms with Crippen LogP contribution in [0.25, 0.3) is 10.6 Å². The van der Waals surface area contributed by atoms with Gasteiger partial charge in [0.1, 0.15) is 27.7 Å². The monoisotopic (exact) mass is 448 g/mol. The Morgan fingerprint density at radius 3 is 2.77 bits per heavy atom. The molecule has 3 aromatic rings. The summed E-state index contributed by atoms with van der Waals surface area (Å²) in [5.41, 5.74) is 12.7. The van der Waals surface area contributed by atoms with Gasteiger partial charge in [0.05, 0.1) is 23.1 Å². The van der Waals surface area contributed by atoms with Crippen molar-refractivity contribution in [2.45, 2.75) is 31.4 Å². The third kappa shape index (κ3) is 4.29. The molecule has 1 fully saturated rings. The van der Waals surface area contributed by atoms with Crippen molar-refractivity contribution in [3.63, 3.8) is 0 Å². The molecule has 0 saturated carbocycles. The maximum absolute atomic E-state index is 14.1. The number of thiazole rings is 1. The van der Waals surface area contributed by atoms with Crippen molar-refractivity contribution >= 4 is 27.9 Å². The fourth-order valence-corrected chi connectivity index (χ4v) is 4.46. The van der Waals surface area contributed by atoms with Gasteiger partial charge in [-0.05, 0) is 31.4 Å². The quantitative estimate of drug-likeness (QED) is 0.564. The van der Waals surface area contributed by atoms with E-state index in [1.54, 1.807) is 11.7 Å². The summed E-state index contributed by atoms with van der Waals surface area (Å²) >= 11 is 0.842. The van der Waals surface area contributed by atoms with E-state index in [0.717, 1.165) is 36.3 Å². The van der Waals surface area contributed by atoms with Gasteiger partial charge in [-0.2, -0.15) is 5.10 Å². The summed E-state index contributed by atoms with van der Waals surface area (Å²) in [5.74, 6) is -2.16. The molecule has 8 nitrogen and oxygen atoms in total. The van der Waals surface area contributed by atoms with Crippen LogP contribution in [0.4, 0.5) is 19.5 Å². The lowest BCUT2D eigenvalue weighted by Crippen LogP contribution is -2.19. The zero-order chi connectivity index (χ0) is 22.1. The largest absolute Gasteiger partial charge is 0.389 e. The minimum absolute atomic E-state index is 0.00857. The van der Waals surface area contributed by atoms with Crippen molar-refractivity contribution in [2.75, 3.05) is 17.7 Å². The minimum Gasteiger partial charge on any atom is -0.389 e. The van der Waals surface area contributed by atoms with E-state index in [-0.39, 0.29) is 33.4 Å². The Hall–Kier alpha value is -2.89. The molecule has 0 aliphatic carbocycles. The van der Waals surface area contributed by atoms with E-state index in [4.69, 9.17) is 16.2 Å². The molecule has 1 aromatic carbocycles. The number of hydrogen-bond acceptors (Lipinski definition) is 7. The van der Waals surface area contributed by atoms with Gasteiger partial charge in [-0.25, -0.2) is 13.8 Å². The van der Waals surface area contributed by atoms with E-state index in [9.17, 15) is 13.6 Å². The highest BCUT2D eigenvalue weighted by molar-refractivity contribution is 7.19. The van der Waals surface area contributed by atoms with Gasteiger partial charge < -0.3 is 21.5 Å². The maximum atomic E-state index is 14.1. The van der Waals surface area contributed by atoms with Crippen LogP contribution in [0.2, 0.25) is 0 Å². The third-order valence-electron chi connectivity index (χ3n) is 5.19. The molecule has 0 radical (unpaired) electrons. The molecular formula is C20H22F2N6O2S. The Morgan fingerprint density at radius 2 is 2.03 bits per heavy atom. The molecule has 1 aliphatic heterocycles. The topological polar surface area (TPSA) is 121 Å². The Bertz CT molecular complexity index is 1100. The number of benzene rings is 1. The number of aromatic nitrogens is 3. The predicted octanol–water partition coefficient (Wildman–Crippen LogP) is 3.23. The van der Waals surface area contributed by atoms with Gasteiger partial charge >= 0.3 is 0 Å². The molecule has 164 valence electrons. The number of nitrogens with zero attached hydrogens (tertiary/aromatic N) is 3. The predicted molar refractivity (Wildman–Crippen MR) is 114 cm³/mol. The van der Waals surface area contributed by atoms with E-state index in [2.05, 4.69) is 15.4 Å². The lowest BCUT2D eigenvalue weighted by Gasteiger charge is -2.17. The number of ether oxygens (including phenoxy) is 1. The SMILES string of the molecule is Cn1ncc(NC(=O)c2nc(-c3c(F)cccc3F)sc2N)c1C1CCC(N)CCO1. The van der Waals surface area contributed by atoms with Crippen LogP contribution >= 0.6 is 11.3 Å². The molecule has 1 saturated heterocycles. The summed E-state index contributed by atoms with van der Waals surface area (Å²) < 4.78 is 35.8. The van der Waals surface area contributed by atoms with E-state index in [0.29, 0.717) is 24.4 Å². The van der Waals surface area contributed by atoms with E-state index >= 15 is 0 Å². The highest BCUT2D eigenvalue weighted by atomic mass is 32.1. The van der Waals surface area contributed by atoms with Crippen LogP contribution in [0.5, 0.6) is 0 Å². The number of hydrogen-bond donors (Lipinski definition) is 3. The van der Waals surface area contributed by atoms with Crippen molar-refractivity contribution in [1.29, 1.82) is 0 Å². The molecule has 3 heterocycles. The molecule has 2 atom stereocenters. The van der Waals surface area contributed by atoms with Gasteiger partial charge in [0.2, 0.25) is 0 Å². The first-order valence-corrected chi connectivity index (χ1v) is 10.6. The number of anilines is 2. The van der Waals surface area contributed by atoms with Crippen LogP contribution in [0.15, 0.2) is 24.4 Å². The van der Waals surface area contributed by atoms with Gasteiger partial charge in [-0.15, -0.1) is 0 Å². The van der Waals surface area contributed by atoms with E-state index in [1.165, 1.54) is 12.3 Å². The Labute approximate surface area is 181 Å². The zero-order valence-corrected chi connectivity index (χ0v) is 17.6. The number of rotatable bonds is 4. The molecule has 0 bridgehead atoms. The van der Waals surface area contributed by atoms with Crippen molar-refractivity contribution < 1.29 is 18.3 Å². The van der Waals surface area contributed by atoms with Gasteiger partial charge in [0.15, 0.2) is 5.69 Å². The van der Waals surface area contributed by atoms with Crippen LogP contribution in [0.1, 0.15) is 41.5 Å². The smallest absolute Gasteiger partial charge is 0.277 e. The second-order valence-corrected chi connectivity index (χ2v) is 8.37. The van der Waals surface area contributed by atoms with E-state index in [1.807, 2.05) is 0 Å². The molecule has 2 unspecified atom stereocenters. The third-order valence-corrected chi connectivity index (χ3v) is 6.09. The number of nitrogens with one attached hydrogen (secondary N) is 1. The Balaban J connectivity index is 1.60. The van der Waals surface area contributed by atoms with Crippen molar-refractivity contribution in [3.8, 4) is 10.6 Å². The summed E-state index contributed by atoms with van der Waals surface area (Å²) in [7, 11) is 1.76. The fraction of sp³-hybridized carbons (Fsp3) is 0.350. The van der Waals surface area contributed by atoms with Crippen LogP contribution in [0.3, 0.4) is 0 Å². The standard InChI is InChI=1S/C20H22F2N6O2S/c1-28-17(14-6-5-10(23)7-8-30-14)13(9-25-28)26-19(29)16-18(24)31-20(27-16)15-11(21)3-2-4-12(15)22/h2-4,9-10,14H,5-8,23-24H2,1H3,(H,26,29). The molecule has 31 heavy (non-hydrogen) atoms. The number of nitrogens with two attached hydrogens (primary N) is 2. The average molecular weight is 448 g/mol.